The van der Waals surface area contributed by atoms with Gasteiger partial charge in [-0.05, 0) is 75.4 Å². The fraction of sp³-hybridized carbons (Fsp3) is 0.435. The topological polar surface area (TPSA) is 75.7 Å². The van der Waals surface area contributed by atoms with Crippen molar-refractivity contribution in [3.8, 4) is 5.75 Å². The lowest BCUT2D eigenvalue weighted by Gasteiger charge is -2.28. The van der Waals surface area contributed by atoms with E-state index in [2.05, 4.69) is 5.32 Å². The molecule has 0 unspecified atom stereocenters. The van der Waals surface area contributed by atoms with Crippen LogP contribution in [0.4, 0.5) is 5.69 Å². The molecule has 0 radical (unpaired) electrons. The third kappa shape index (κ3) is 6.49. The van der Waals surface area contributed by atoms with Crippen molar-refractivity contribution < 1.29 is 17.9 Å². The monoisotopic (exact) mass is 432 g/mol. The Kier molecular flexibility index (Phi) is 8.29. The maximum Gasteiger partial charge on any atom is 0.243 e. The normalized spacial score (nSPS) is 12.3. The van der Waals surface area contributed by atoms with Crippen LogP contribution in [0.1, 0.15) is 37.0 Å². The second-order valence-electron chi connectivity index (χ2n) is 7.52. The van der Waals surface area contributed by atoms with Crippen LogP contribution in [0.2, 0.25) is 0 Å². The molecule has 7 heteroatoms. The van der Waals surface area contributed by atoms with Gasteiger partial charge >= 0.3 is 0 Å². The summed E-state index contributed by atoms with van der Waals surface area (Å²) in [5.41, 5.74) is 3.48. The highest BCUT2D eigenvalue weighted by Crippen LogP contribution is 2.24. The Morgan fingerprint density at radius 2 is 1.77 bits per heavy atom. The van der Waals surface area contributed by atoms with Crippen LogP contribution in [0.15, 0.2) is 42.5 Å². The molecule has 0 heterocycles. The number of carbonyl (C=O) groups is 1. The molecule has 30 heavy (non-hydrogen) atoms. The number of rotatable bonds is 10. The summed E-state index contributed by atoms with van der Waals surface area (Å²) < 4.78 is 31.7. The van der Waals surface area contributed by atoms with E-state index < -0.39 is 16.1 Å². The maximum absolute atomic E-state index is 12.7. The van der Waals surface area contributed by atoms with Crippen LogP contribution < -0.4 is 14.4 Å². The van der Waals surface area contributed by atoms with Crippen LogP contribution in [-0.2, 0) is 21.2 Å². The Morgan fingerprint density at radius 3 is 2.37 bits per heavy atom. The van der Waals surface area contributed by atoms with Crippen LogP contribution in [0.3, 0.4) is 0 Å². The Bertz CT molecular complexity index is 953. The highest BCUT2D eigenvalue weighted by atomic mass is 32.2. The molecule has 0 aliphatic carbocycles. The van der Waals surface area contributed by atoms with Crippen molar-refractivity contribution in [3.63, 3.8) is 0 Å². The first-order valence-corrected chi connectivity index (χ1v) is 12.0. The molecule has 2 aromatic carbocycles. The largest absolute Gasteiger partial charge is 0.494 e. The van der Waals surface area contributed by atoms with Gasteiger partial charge in [0.25, 0.3) is 0 Å². The first-order chi connectivity index (χ1) is 14.1. The fourth-order valence-electron chi connectivity index (χ4n) is 3.53. The molecule has 2 rings (SSSR count). The molecule has 6 nitrogen and oxygen atoms in total. The van der Waals surface area contributed by atoms with E-state index in [4.69, 9.17) is 4.74 Å². The zero-order valence-electron chi connectivity index (χ0n) is 18.4. The molecule has 0 aliphatic rings. The molecule has 0 saturated carbocycles. The lowest BCUT2D eigenvalue weighted by molar-refractivity contribution is -0.121. The van der Waals surface area contributed by atoms with Gasteiger partial charge in [-0.15, -0.1) is 0 Å². The lowest BCUT2D eigenvalue weighted by Crippen LogP contribution is -2.48. The van der Waals surface area contributed by atoms with Crippen molar-refractivity contribution in [2.24, 2.45) is 0 Å². The van der Waals surface area contributed by atoms with Crippen LogP contribution in [-0.4, -0.2) is 39.8 Å². The molecule has 164 valence electrons. The molecule has 0 aliphatic heterocycles. The maximum atomic E-state index is 12.7. The number of hydrogen-bond acceptors (Lipinski definition) is 4. The Hall–Kier alpha value is -2.54. The summed E-state index contributed by atoms with van der Waals surface area (Å²) in [6.07, 6.45) is 2.61. The average molecular weight is 433 g/mol. The quantitative estimate of drug-likeness (QED) is 0.582. The molecule has 1 atom stereocenters. The van der Waals surface area contributed by atoms with Gasteiger partial charge in [0.2, 0.25) is 15.9 Å². The number of nitrogens with one attached hydrogen (secondary N) is 1. The number of ether oxygens (including phenoxy) is 1. The summed E-state index contributed by atoms with van der Waals surface area (Å²) in [5.74, 6) is 0.537. The van der Waals surface area contributed by atoms with E-state index in [1.807, 2.05) is 51.1 Å². The number of sulfonamides is 1. The second-order valence-corrected chi connectivity index (χ2v) is 9.38. The van der Waals surface area contributed by atoms with Crippen molar-refractivity contribution in [1.29, 1.82) is 0 Å². The second kappa shape index (κ2) is 10.5. The third-order valence-corrected chi connectivity index (χ3v) is 5.99. The van der Waals surface area contributed by atoms with Gasteiger partial charge in [0.1, 0.15) is 11.8 Å². The highest BCUT2D eigenvalue weighted by Gasteiger charge is 2.29. The minimum atomic E-state index is -3.63. The van der Waals surface area contributed by atoms with Gasteiger partial charge in [-0.2, -0.15) is 0 Å². The zero-order chi connectivity index (χ0) is 22.3. The minimum Gasteiger partial charge on any atom is -0.494 e. The highest BCUT2D eigenvalue weighted by molar-refractivity contribution is 7.92. The van der Waals surface area contributed by atoms with Gasteiger partial charge in [0.15, 0.2) is 0 Å². The van der Waals surface area contributed by atoms with Gasteiger partial charge in [0.05, 0.1) is 18.6 Å². The number of para-hydroxylation sites is 1. The Labute approximate surface area is 180 Å². The smallest absolute Gasteiger partial charge is 0.243 e. The molecule has 0 spiro atoms. The van der Waals surface area contributed by atoms with E-state index in [1.165, 1.54) is 4.31 Å². The van der Waals surface area contributed by atoms with Crippen molar-refractivity contribution in [1.82, 2.24) is 5.32 Å². The molecular formula is C23H32N2O4S. The number of nitrogens with zero attached hydrogens (tertiary/aromatic N) is 1. The van der Waals surface area contributed by atoms with Gasteiger partial charge in [-0.3, -0.25) is 9.10 Å². The van der Waals surface area contributed by atoms with Crippen LogP contribution >= 0.6 is 0 Å². The van der Waals surface area contributed by atoms with Crippen molar-refractivity contribution >= 4 is 21.6 Å². The summed E-state index contributed by atoms with van der Waals surface area (Å²) >= 11 is 0. The number of carbonyl (C=O) groups excluding carboxylic acids is 1. The lowest BCUT2D eigenvalue weighted by atomic mass is 10.1. The van der Waals surface area contributed by atoms with E-state index in [1.54, 1.807) is 19.1 Å². The summed E-state index contributed by atoms with van der Waals surface area (Å²) in [6, 6.07) is 12.5. The number of anilines is 1. The Morgan fingerprint density at radius 1 is 1.13 bits per heavy atom. The summed E-state index contributed by atoms with van der Waals surface area (Å²) in [6.45, 7) is 8.42. The minimum absolute atomic E-state index is 0.322. The zero-order valence-corrected chi connectivity index (χ0v) is 19.3. The number of amides is 1. The average Bonchev–Trinajstić information content (AvgIpc) is 2.64. The molecule has 1 N–H and O–H groups in total. The first-order valence-electron chi connectivity index (χ1n) is 10.2. The standard InChI is InChI=1S/C23H32N2O4S/c1-6-29-22-12-8-7-10-20(22)11-9-13-24-23(26)19(4)25(30(5,27)28)21-15-17(2)14-18(3)16-21/h7-8,10,12,14-16,19H,6,9,11,13H2,1-5H3,(H,24,26)/t19-/m1/s1. The molecular weight excluding hydrogens is 400 g/mol. The summed E-state index contributed by atoms with van der Waals surface area (Å²) in [4.78, 5) is 12.7. The van der Waals surface area contributed by atoms with Crippen molar-refractivity contribution in [2.45, 2.75) is 46.6 Å². The van der Waals surface area contributed by atoms with E-state index in [-0.39, 0.29) is 5.91 Å². The van der Waals surface area contributed by atoms with Gasteiger partial charge in [-0.1, -0.05) is 24.3 Å². The first kappa shape index (κ1) is 23.7. The van der Waals surface area contributed by atoms with Crippen LogP contribution in [0, 0.1) is 13.8 Å². The number of aryl methyl sites for hydroxylation is 3. The SMILES string of the molecule is CCOc1ccccc1CCCNC(=O)[C@@H](C)N(c1cc(C)cc(C)c1)S(C)(=O)=O. The molecule has 0 aromatic heterocycles. The number of hydrogen-bond donors (Lipinski definition) is 1. The summed E-state index contributed by atoms with van der Waals surface area (Å²) in [5, 5.41) is 2.87. The Balaban J connectivity index is 2.02. The predicted molar refractivity (Wildman–Crippen MR) is 122 cm³/mol. The third-order valence-electron chi connectivity index (χ3n) is 4.74. The van der Waals surface area contributed by atoms with Gasteiger partial charge in [-0.25, -0.2) is 8.42 Å². The summed E-state index contributed by atoms with van der Waals surface area (Å²) in [7, 11) is -3.63. The van der Waals surface area contributed by atoms with E-state index in [0.717, 1.165) is 41.5 Å². The van der Waals surface area contributed by atoms with E-state index >= 15 is 0 Å². The fourth-order valence-corrected chi connectivity index (χ4v) is 4.69. The van der Waals surface area contributed by atoms with Gasteiger partial charge < -0.3 is 10.1 Å². The molecule has 0 fully saturated rings. The van der Waals surface area contributed by atoms with E-state index in [9.17, 15) is 13.2 Å². The molecule has 0 bridgehead atoms. The molecule has 1 amide bonds. The predicted octanol–water partition coefficient (Wildman–Crippen LogP) is 3.61. The van der Waals surface area contributed by atoms with E-state index in [0.29, 0.717) is 18.8 Å². The number of benzene rings is 2. The molecule has 2 aromatic rings. The van der Waals surface area contributed by atoms with Crippen LogP contribution in [0.25, 0.3) is 0 Å². The van der Waals surface area contributed by atoms with Crippen molar-refractivity contribution in [3.05, 3.63) is 59.2 Å². The van der Waals surface area contributed by atoms with Crippen LogP contribution in [0.5, 0.6) is 5.75 Å². The van der Waals surface area contributed by atoms with Crippen molar-refractivity contribution in [2.75, 3.05) is 23.7 Å². The van der Waals surface area contributed by atoms with Gasteiger partial charge in [0, 0.05) is 6.54 Å². The molecule has 0 saturated heterocycles.